The van der Waals surface area contributed by atoms with E-state index in [4.69, 9.17) is 21.1 Å². The summed E-state index contributed by atoms with van der Waals surface area (Å²) in [5, 5.41) is 4.12. The van der Waals surface area contributed by atoms with Crippen LogP contribution in [0.15, 0.2) is 18.2 Å². The number of rotatable bonds is 8. The molecule has 0 spiro atoms. The minimum absolute atomic E-state index is 0.124. The predicted molar refractivity (Wildman–Crippen MR) is 80.0 cm³/mol. The van der Waals surface area contributed by atoms with Gasteiger partial charge in [0.1, 0.15) is 5.75 Å². The molecule has 0 aliphatic carbocycles. The van der Waals surface area contributed by atoms with Gasteiger partial charge in [0.15, 0.2) is 0 Å². The lowest BCUT2D eigenvalue weighted by Crippen LogP contribution is -2.23. The lowest BCUT2D eigenvalue weighted by Gasteiger charge is -2.18. The van der Waals surface area contributed by atoms with Crippen molar-refractivity contribution in [3.05, 3.63) is 28.8 Å². The lowest BCUT2D eigenvalue weighted by atomic mass is 10.2. The van der Waals surface area contributed by atoms with Crippen LogP contribution in [0.2, 0.25) is 5.02 Å². The van der Waals surface area contributed by atoms with Crippen LogP contribution in [-0.2, 0) is 11.3 Å². The van der Waals surface area contributed by atoms with Crippen LogP contribution >= 0.6 is 11.6 Å². The van der Waals surface area contributed by atoms with Crippen LogP contribution < -0.4 is 10.1 Å². The Balaban J connectivity index is 2.69. The minimum atomic E-state index is 0.124. The molecule has 0 heterocycles. The molecule has 1 rings (SSSR count). The first-order chi connectivity index (χ1) is 9.02. The van der Waals surface area contributed by atoms with E-state index in [1.54, 1.807) is 7.11 Å². The zero-order valence-corrected chi connectivity index (χ0v) is 13.0. The van der Waals surface area contributed by atoms with Crippen molar-refractivity contribution in [1.29, 1.82) is 0 Å². The maximum absolute atomic E-state index is 6.05. The van der Waals surface area contributed by atoms with Gasteiger partial charge in [-0.2, -0.15) is 0 Å². The molecule has 0 amide bonds. The summed E-state index contributed by atoms with van der Waals surface area (Å²) in [5.41, 5.74) is 1.09. The van der Waals surface area contributed by atoms with Crippen molar-refractivity contribution in [2.24, 2.45) is 0 Å². The Labute approximate surface area is 121 Å². The Morgan fingerprint density at radius 3 is 2.63 bits per heavy atom. The second-order valence-electron chi connectivity index (χ2n) is 5.00. The summed E-state index contributed by atoms with van der Waals surface area (Å²) in [4.78, 5) is 0. The predicted octanol–water partition coefficient (Wildman–Crippen LogP) is 3.64. The summed E-state index contributed by atoms with van der Waals surface area (Å²) in [7, 11) is 1.70. The van der Waals surface area contributed by atoms with Crippen molar-refractivity contribution in [3.63, 3.8) is 0 Å². The van der Waals surface area contributed by atoms with Gasteiger partial charge in [-0.15, -0.1) is 0 Å². The van der Waals surface area contributed by atoms with E-state index in [1.807, 2.05) is 25.1 Å². The van der Waals surface area contributed by atoms with Gasteiger partial charge < -0.3 is 14.8 Å². The topological polar surface area (TPSA) is 30.5 Å². The molecular formula is C15H24ClNO2. The van der Waals surface area contributed by atoms with Crippen LogP contribution in [0, 0.1) is 0 Å². The quantitative estimate of drug-likeness (QED) is 0.791. The molecule has 0 aliphatic rings. The summed E-state index contributed by atoms with van der Waals surface area (Å²) < 4.78 is 11.0. The molecule has 0 bridgehead atoms. The van der Waals surface area contributed by atoms with Gasteiger partial charge in [0.25, 0.3) is 0 Å². The van der Waals surface area contributed by atoms with E-state index in [0.717, 1.165) is 29.3 Å². The highest BCUT2D eigenvalue weighted by atomic mass is 35.5. The van der Waals surface area contributed by atoms with E-state index >= 15 is 0 Å². The summed E-state index contributed by atoms with van der Waals surface area (Å²) in [6.45, 7) is 7.74. The van der Waals surface area contributed by atoms with Gasteiger partial charge in [0.05, 0.1) is 6.10 Å². The van der Waals surface area contributed by atoms with Crippen LogP contribution in [0.1, 0.15) is 32.8 Å². The second kappa shape index (κ2) is 8.41. The lowest BCUT2D eigenvalue weighted by molar-refractivity contribution is 0.134. The first-order valence-corrected chi connectivity index (χ1v) is 7.08. The number of halogens is 1. The van der Waals surface area contributed by atoms with Gasteiger partial charge in [-0.1, -0.05) is 25.4 Å². The highest BCUT2D eigenvalue weighted by Crippen LogP contribution is 2.24. The monoisotopic (exact) mass is 285 g/mol. The maximum Gasteiger partial charge on any atom is 0.124 e. The normalized spacial score (nSPS) is 12.7. The van der Waals surface area contributed by atoms with Gasteiger partial charge >= 0.3 is 0 Å². The van der Waals surface area contributed by atoms with E-state index in [0.29, 0.717) is 12.6 Å². The highest BCUT2D eigenvalue weighted by Gasteiger charge is 2.09. The van der Waals surface area contributed by atoms with Crippen LogP contribution in [0.5, 0.6) is 5.75 Å². The van der Waals surface area contributed by atoms with E-state index < -0.39 is 0 Å². The van der Waals surface area contributed by atoms with Crippen molar-refractivity contribution in [2.75, 3.05) is 13.7 Å². The third-order valence-electron chi connectivity index (χ3n) is 2.78. The first kappa shape index (κ1) is 16.3. The summed E-state index contributed by atoms with van der Waals surface area (Å²) in [6, 6.07) is 6.18. The molecule has 1 N–H and O–H groups in total. The van der Waals surface area contributed by atoms with E-state index in [-0.39, 0.29) is 6.10 Å². The van der Waals surface area contributed by atoms with E-state index in [2.05, 4.69) is 19.2 Å². The molecule has 4 heteroatoms. The number of benzene rings is 1. The van der Waals surface area contributed by atoms with Crippen molar-refractivity contribution in [3.8, 4) is 5.75 Å². The fourth-order valence-corrected chi connectivity index (χ4v) is 1.87. The first-order valence-electron chi connectivity index (χ1n) is 6.70. The Kier molecular flexibility index (Phi) is 7.21. The zero-order valence-electron chi connectivity index (χ0n) is 12.2. The molecule has 3 nitrogen and oxygen atoms in total. The Hall–Kier alpha value is -0.770. The Morgan fingerprint density at radius 1 is 1.26 bits per heavy atom. The Bertz CT molecular complexity index is 382. The molecular weight excluding hydrogens is 262 g/mol. The summed E-state index contributed by atoms with van der Waals surface area (Å²) in [5.74, 6) is 0.890. The van der Waals surface area contributed by atoms with E-state index in [9.17, 15) is 0 Å². The van der Waals surface area contributed by atoms with Crippen molar-refractivity contribution >= 4 is 11.6 Å². The zero-order chi connectivity index (χ0) is 14.3. The van der Waals surface area contributed by atoms with Crippen molar-refractivity contribution < 1.29 is 9.47 Å². The summed E-state index contributed by atoms with van der Waals surface area (Å²) >= 11 is 6.05. The van der Waals surface area contributed by atoms with Gasteiger partial charge in [-0.25, -0.2) is 0 Å². The van der Waals surface area contributed by atoms with Gasteiger partial charge in [-0.05, 0) is 25.1 Å². The molecule has 0 saturated carbocycles. The van der Waals surface area contributed by atoms with E-state index in [1.165, 1.54) is 0 Å². The largest absolute Gasteiger partial charge is 0.490 e. The molecule has 1 aromatic carbocycles. The molecule has 108 valence electrons. The molecule has 19 heavy (non-hydrogen) atoms. The smallest absolute Gasteiger partial charge is 0.124 e. The Morgan fingerprint density at radius 2 is 2.00 bits per heavy atom. The van der Waals surface area contributed by atoms with Gasteiger partial charge in [0, 0.05) is 43.3 Å². The van der Waals surface area contributed by atoms with Crippen molar-refractivity contribution in [2.45, 2.75) is 45.9 Å². The van der Waals surface area contributed by atoms with Crippen LogP contribution in [0.4, 0.5) is 0 Å². The number of nitrogens with one attached hydrogen (secondary N) is 1. The minimum Gasteiger partial charge on any atom is -0.490 e. The van der Waals surface area contributed by atoms with Crippen molar-refractivity contribution in [1.82, 2.24) is 5.32 Å². The number of hydrogen-bond donors (Lipinski definition) is 1. The molecule has 1 unspecified atom stereocenters. The molecule has 0 saturated heterocycles. The summed E-state index contributed by atoms with van der Waals surface area (Å²) in [6.07, 6.45) is 0.995. The molecule has 1 aromatic rings. The SMILES string of the molecule is COCCC(C)Oc1ccc(Cl)cc1CNC(C)C. The van der Waals surface area contributed by atoms with Crippen LogP contribution in [0.25, 0.3) is 0 Å². The average molecular weight is 286 g/mol. The third-order valence-corrected chi connectivity index (χ3v) is 3.02. The van der Waals surface area contributed by atoms with Gasteiger partial charge in [0.2, 0.25) is 0 Å². The van der Waals surface area contributed by atoms with Crippen LogP contribution in [0.3, 0.4) is 0 Å². The molecule has 0 aromatic heterocycles. The number of hydrogen-bond acceptors (Lipinski definition) is 3. The number of methoxy groups -OCH3 is 1. The van der Waals surface area contributed by atoms with Gasteiger partial charge in [-0.3, -0.25) is 0 Å². The second-order valence-corrected chi connectivity index (χ2v) is 5.43. The average Bonchev–Trinajstić information content (AvgIpc) is 2.36. The molecule has 0 aliphatic heterocycles. The maximum atomic E-state index is 6.05. The fraction of sp³-hybridized carbons (Fsp3) is 0.600. The fourth-order valence-electron chi connectivity index (χ4n) is 1.67. The molecule has 0 radical (unpaired) electrons. The standard InChI is InChI=1S/C15H24ClNO2/c1-11(2)17-10-13-9-14(16)5-6-15(13)19-12(3)7-8-18-4/h5-6,9,11-12,17H,7-8,10H2,1-4H3. The third kappa shape index (κ3) is 6.28. The molecule has 1 atom stereocenters. The van der Waals surface area contributed by atoms with Crippen LogP contribution in [-0.4, -0.2) is 25.9 Å². The molecule has 0 fully saturated rings. The number of ether oxygens (including phenoxy) is 2. The highest BCUT2D eigenvalue weighted by molar-refractivity contribution is 6.30.